The number of rotatable bonds is 4. The molecular formula is C21H21N3O. The van der Waals surface area contributed by atoms with E-state index in [1.165, 1.54) is 42.1 Å². The van der Waals surface area contributed by atoms with Gasteiger partial charge in [0.15, 0.2) is 0 Å². The van der Waals surface area contributed by atoms with Crippen molar-refractivity contribution in [1.82, 2.24) is 4.98 Å². The summed E-state index contributed by atoms with van der Waals surface area (Å²) < 4.78 is 0. The average molecular weight is 331 g/mol. The fourth-order valence-electron chi connectivity index (χ4n) is 3.10. The zero-order valence-electron chi connectivity index (χ0n) is 14.5. The summed E-state index contributed by atoms with van der Waals surface area (Å²) >= 11 is 0. The van der Waals surface area contributed by atoms with E-state index in [0.29, 0.717) is 11.9 Å². The Morgan fingerprint density at radius 1 is 1.12 bits per heavy atom. The van der Waals surface area contributed by atoms with Crippen LogP contribution in [0.2, 0.25) is 0 Å². The highest BCUT2D eigenvalue weighted by Gasteiger charge is 2.21. The van der Waals surface area contributed by atoms with Crippen LogP contribution in [0.25, 0.3) is 22.0 Å². The summed E-state index contributed by atoms with van der Waals surface area (Å²) in [6.07, 6.45) is 2.53. The molecule has 2 N–H and O–H groups in total. The standard InChI is InChI=1S/C21H21N3O/c1-13-18(4-3-5-19(13)23-17-8-9-17)15-6-10-20-16(12-15)7-11-21(24-20)22-14(2)25/h3-7,10-12,17,23H,8-9H2,1-2H3,(H,22,24,25). The van der Waals surface area contributed by atoms with E-state index in [1.807, 2.05) is 18.2 Å². The van der Waals surface area contributed by atoms with Gasteiger partial charge in [-0.25, -0.2) is 4.98 Å². The quantitative estimate of drug-likeness (QED) is 0.726. The molecule has 0 saturated heterocycles. The van der Waals surface area contributed by atoms with Crippen LogP contribution < -0.4 is 10.6 Å². The molecule has 25 heavy (non-hydrogen) atoms. The summed E-state index contributed by atoms with van der Waals surface area (Å²) in [7, 11) is 0. The predicted molar refractivity (Wildman–Crippen MR) is 103 cm³/mol. The molecule has 2 aromatic carbocycles. The number of aromatic nitrogens is 1. The molecule has 126 valence electrons. The maximum absolute atomic E-state index is 11.2. The van der Waals surface area contributed by atoms with Crippen LogP contribution in [0.4, 0.5) is 11.5 Å². The number of carbonyl (C=O) groups is 1. The number of benzene rings is 2. The molecule has 0 bridgehead atoms. The second-order valence-electron chi connectivity index (χ2n) is 6.68. The number of pyridine rings is 1. The Morgan fingerprint density at radius 3 is 2.72 bits per heavy atom. The van der Waals surface area contributed by atoms with Gasteiger partial charge < -0.3 is 10.6 Å². The van der Waals surface area contributed by atoms with Gasteiger partial charge in [-0.3, -0.25) is 4.79 Å². The topological polar surface area (TPSA) is 54.0 Å². The maximum Gasteiger partial charge on any atom is 0.222 e. The zero-order chi connectivity index (χ0) is 17.4. The summed E-state index contributed by atoms with van der Waals surface area (Å²) in [5, 5.41) is 7.39. The van der Waals surface area contributed by atoms with Crippen LogP contribution in [-0.2, 0) is 4.79 Å². The third kappa shape index (κ3) is 3.33. The van der Waals surface area contributed by atoms with Gasteiger partial charge in [-0.2, -0.15) is 0 Å². The van der Waals surface area contributed by atoms with Gasteiger partial charge in [-0.05, 0) is 66.8 Å². The van der Waals surface area contributed by atoms with Crippen LogP contribution in [0.5, 0.6) is 0 Å². The largest absolute Gasteiger partial charge is 0.382 e. The van der Waals surface area contributed by atoms with E-state index in [1.54, 1.807) is 0 Å². The summed E-state index contributed by atoms with van der Waals surface area (Å²) in [6.45, 7) is 3.66. The molecule has 0 radical (unpaired) electrons. The molecule has 0 atom stereocenters. The minimum atomic E-state index is -0.112. The van der Waals surface area contributed by atoms with Crippen molar-refractivity contribution in [2.75, 3.05) is 10.6 Å². The Hall–Kier alpha value is -2.88. The van der Waals surface area contributed by atoms with Crippen LogP contribution in [0.15, 0.2) is 48.5 Å². The maximum atomic E-state index is 11.2. The lowest BCUT2D eigenvalue weighted by Crippen LogP contribution is -2.07. The molecule has 3 aromatic rings. The number of carbonyl (C=O) groups excluding carboxylic acids is 1. The molecule has 4 nitrogen and oxygen atoms in total. The normalized spacial score (nSPS) is 13.7. The smallest absolute Gasteiger partial charge is 0.222 e. The number of amides is 1. The average Bonchev–Trinajstić information content (AvgIpc) is 3.40. The van der Waals surface area contributed by atoms with Crippen LogP contribution in [-0.4, -0.2) is 16.9 Å². The molecule has 1 amide bonds. The van der Waals surface area contributed by atoms with Crippen molar-refractivity contribution in [3.05, 3.63) is 54.1 Å². The highest BCUT2D eigenvalue weighted by molar-refractivity contribution is 5.91. The fraction of sp³-hybridized carbons (Fsp3) is 0.238. The van der Waals surface area contributed by atoms with Crippen molar-refractivity contribution in [1.29, 1.82) is 0 Å². The fourth-order valence-corrected chi connectivity index (χ4v) is 3.10. The van der Waals surface area contributed by atoms with Crippen LogP contribution in [0, 0.1) is 6.92 Å². The van der Waals surface area contributed by atoms with E-state index in [0.717, 1.165) is 10.9 Å². The molecule has 1 heterocycles. The first-order valence-electron chi connectivity index (χ1n) is 8.65. The number of anilines is 2. The lowest BCUT2D eigenvalue weighted by atomic mass is 9.97. The van der Waals surface area contributed by atoms with Crippen LogP contribution in [0.3, 0.4) is 0 Å². The monoisotopic (exact) mass is 331 g/mol. The van der Waals surface area contributed by atoms with Crippen molar-refractivity contribution < 1.29 is 4.79 Å². The van der Waals surface area contributed by atoms with Gasteiger partial charge >= 0.3 is 0 Å². The SMILES string of the molecule is CC(=O)Nc1ccc2cc(-c3cccc(NC4CC4)c3C)ccc2n1. The van der Waals surface area contributed by atoms with Crippen molar-refractivity contribution in [3.8, 4) is 11.1 Å². The zero-order valence-corrected chi connectivity index (χ0v) is 14.5. The van der Waals surface area contributed by atoms with Gasteiger partial charge in [-0.15, -0.1) is 0 Å². The molecule has 1 aliphatic rings. The molecular weight excluding hydrogens is 310 g/mol. The van der Waals surface area contributed by atoms with Gasteiger partial charge in [0.05, 0.1) is 5.52 Å². The Morgan fingerprint density at radius 2 is 1.96 bits per heavy atom. The van der Waals surface area contributed by atoms with Gasteiger partial charge in [0.25, 0.3) is 0 Å². The molecule has 4 rings (SSSR count). The van der Waals surface area contributed by atoms with Gasteiger partial charge in [-0.1, -0.05) is 18.2 Å². The molecule has 4 heteroatoms. The molecule has 1 saturated carbocycles. The Kier molecular flexibility index (Phi) is 3.88. The predicted octanol–water partition coefficient (Wildman–Crippen LogP) is 4.74. The summed E-state index contributed by atoms with van der Waals surface area (Å²) in [4.78, 5) is 15.7. The molecule has 1 fully saturated rings. The Balaban J connectivity index is 1.70. The number of fused-ring (bicyclic) bond motifs is 1. The Bertz CT molecular complexity index is 961. The number of nitrogens with zero attached hydrogens (tertiary/aromatic N) is 1. The second-order valence-corrected chi connectivity index (χ2v) is 6.68. The van der Waals surface area contributed by atoms with E-state index in [-0.39, 0.29) is 5.91 Å². The molecule has 1 aromatic heterocycles. The van der Waals surface area contributed by atoms with Gasteiger partial charge in [0, 0.05) is 24.0 Å². The minimum Gasteiger partial charge on any atom is -0.382 e. The molecule has 0 aliphatic heterocycles. The highest BCUT2D eigenvalue weighted by Crippen LogP contribution is 2.33. The third-order valence-electron chi connectivity index (χ3n) is 4.58. The van der Waals surface area contributed by atoms with Crippen LogP contribution >= 0.6 is 0 Å². The lowest BCUT2D eigenvalue weighted by molar-refractivity contribution is -0.114. The first-order valence-corrected chi connectivity index (χ1v) is 8.65. The molecule has 0 unspecified atom stereocenters. The van der Waals surface area contributed by atoms with Crippen molar-refractivity contribution in [2.45, 2.75) is 32.7 Å². The van der Waals surface area contributed by atoms with Crippen LogP contribution in [0.1, 0.15) is 25.3 Å². The highest BCUT2D eigenvalue weighted by atomic mass is 16.1. The van der Waals surface area contributed by atoms with E-state index in [4.69, 9.17) is 0 Å². The molecule has 0 spiro atoms. The minimum absolute atomic E-state index is 0.112. The first kappa shape index (κ1) is 15.6. The first-order chi connectivity index (χ1) is 12.1. The van der Waals surface area contributed by atoms with Crippen molar-refractivity contribution in [2.24, 2.45) is 0 Å². The van der Waals surface area contributed by atoms with E-state index in [2.05, 4.69) is 52.9 Å². The Labute approximate surface area is 147 Å². The lowest BCUT2D eigenvalue weighted by Gasteiger charge is -2.14. The summed E-state index contributed by atoms with van der Waals surface area (Å²) in [5.74, 6) is 0.471. The third-order valence-corrected chi connectivity index (χ3v) is 4.58. The number of hydrogen-bond donors (Lipinski definition) is 2. The van der Waals surface area contributed by atoms with Gasteiger partial charge in [0.2, 0.25) is 5.91 Å². The summed E-state index contributed by atoms with van der Waals surface area (Å²) in [5.41, 5.74) is 5.78. The van der Waals surface area contributed by atoms with Crippen molar-refractivity contribution in [3.63, 3.8) is 0 Å². The molecule has 1 aliphatic carbocycles. The second kappa shape index (κ2) is 6.20. The van der Waals surface area contributed by atoms with E-state index in [9.17, 15) is 4.79 Å². The van der Waals surface area contributed by atoms with E-state index >= 15 is 0 Å². The van der Waals surface area contributed by atoms with Gasteiger partial charge in [0.1, 0.15) is 5.82 Å². The number of hydrogen-bond acceptors (Lipinski definition) is 3. The number of nitrogens with one attached hydrogen (secondary N) is 2. The van der Waals surface area contributed by atoms with Crippen molar-refractivity contribution >= 4 is 28.3 Å². The summed E-state index contributed by atoms with van der Waals surface area (Å²) in [6, 6.07) is 17.2. The van der Waals surface area contributed by atoms with E-state index < -0.39 is 0 Å².